The number of rotatable bonds is 7. The van der Waals surface area contributed by atoms with Gasteiger partial charge in [0, 0.05) is 18.3 Å². The second kappa shape index (κ2) is 7.16. The molecule has 3 N–H and O–H groups in total. The molecule has 1 unspecified atom stereocenters. The van der Waals surface area contributed by atoms with Gasteiger partial charge in [0.2, 0.25) is 0 Å². The summed E-state index contributed by atoms with van der Waals surface area (Å²) in [5.41, 5.74) is 1.40. The van der Waals surface area contributed by atoms with Gasteiger partial charge in [0.15, 0.2) is 0 Å². The van der Waals surface area contributed by atoms with Crippen LogP contribution < -0.4 is 5.32 Å². The lowest BCUT2D eigenvalue weighted by Gasteiger charge is -2.20. The Bertz CT molecular complexity index is 374. The van der Waals surface area contributed by atoms with Gasteiger partial charge in [-0.3, -0.25) is 9.89 Å². The number of aromatic nitrogens is 2. The Morgan fingerprint density at radius 1 is 1.56 bits per heavy atom. The van der Waals surface area contributed by atoms with Crippen LogP contribution in [0.2, 0.25) is 0 Å². The number of nitrogens with one attached hydrogen (secondary N) is 2. The first-order chi connectivity index (χ1) is 8.58. The first-order valence-electron chi connectivity index (χ1n) is 6.54. The van der Waals surface area contributed by atoms with E-state index in [2.05, 4.69) is 22.4 Å². The molecule has 0 saturated carbocycles. The fourth-order valence-corrected chi connectivity index (χ4v) is 1.83. The van der Waals surface area contributed by atoms with Crippen LogP contribution in [0.25, 0.3) is 0 Å². The lowest BCUT2D eigenvalue weighted by Crippen LogP contribution is -2.39. The van der Waals surface area contributed by atoms with Crippen LogP contribution in [0.5, 0.6) is 0 Å². The number of H-pyrrole nitrogens is 1. The van der Waals surface area contributed by atoms with Gasteiger partial charge in [-0.2, -0.15) is 5.10 Å². The van der Waals surface area contributed by atoms with E-state index in [9.17, 15) is 4.79 Å². The molecule has 0 aromatic carbocycles. The molecule has 0 aliphatic rings. The van der Waals surface area contributed by atoms with Crippen molar-refractivity contribution in [3.05, 3.63) is 17.5 Å². The Morgan fingerprint density at radius 2 is 2.28 bits per heavy atom. The summed E-state index contributed by atoms with van der Waals surface area (Å²) >= 11 is 0. The van der Waals surface area contributed by atoms with Crippen molar-refractivity contribution in [2.75, 3.05) is 6.61 Å². The predicted octanol–water partition coefficient (Wildman–Crippen LogP) is 1.50. The van der Waals surface area contributed by atoms with Crippen molar-refractivity contribution in [2.24, 2.45) is 5.92 Å². The number of aromatic amines is 1. The third-order valence-corrected chi connectivity index (χ3v) is 2.94. The van der Waals surface area contributed by atoms with E-state index in [1.54, 1.807) is 6.07 Å². The normalized spacial score (nSPS) is 12.7. The second-order valence-corrected chi connectivity index (χ2v) is 4.86. The van der Waals surface area contributed by atoms with Crippen LogP contribution in [0.3, 0.4) is 0 Å². The van der Waals surface area contributed by atoms with Gasteiger partial charge in [0.25, 0.3) is 5.91 Å². The van der Waals surface area contributed by atoms with Gasteiger partial charge in [-0.25, -0.2) is 0 Å². The van der Waals surface area contributed by atoms with E-state index in [1.807, 2.05) is 13.8 Å². The number of amides is 1. The summed E-state index contributed by atoms with van der Waals surface area (Å²) in [6.07, 6.45) is 2.47. The highest BCUT2D eigenvalue weighted by molar-refractivity contribution is 5.92. The summed E-state index contributed by atoms with van der Waals surface area (Å²) in [6, 6.07) is 1.77. The Kier molecular flexibility index (Phi) is 5.85. The van der Waals surface area contributed by atoms with Crippen LogP contribution in [0, 0.1) is 5.92 Å². The molecular weight excluding hydrogens is 230 g/mol. The molecule has 102 valence electrons. The topological polar surface area (TPSA) is 78.0 Å². The van der Waals surface area contributed by atoms with Crippen LogP contribution in [0.4, 0.5) is 0 Å². The maximum atomic E-state index is 12.0. The average molecular weight is 253 g/mol. The van der Waals surface area contributed by atoms with Gasteiger partial charge in [0.05, 0.1) is 0 Å². The molecule has 0 spiro atoms. The van der Waals surface area contributed by atoms with Crippen molar-refractivity contribution in [3.63, 3.8) is 0 Å². The van der Waals surface area contributed by atoms with Crippen molar-refractivity contribution in [2.45, 2.75) is 46.1 Å². The molecule has 18 heavy (non-hydrogen) atoms. The molecule has 0 fully saturated rings. The summed E-state index contributed by atoms with van der Waals surface area (Å²) in [7, 11) is 0. The SMILES string of the molecule is CCCc1cc(C(=O)NC(CCO)C(C)C)n[nH]1. The minimum Gasteiger partial charge on any atom is -0.396 e. The smallest absolute Gasteiger partial charge is 0.272 e. The van der Waals surface area contributed by atoms with Crippen molar-refractivity contribution < 1.29 is 9.90 Å². The predicted molar refractivity (Wildman–Crippen MR) is 70.4 cm³/mol. The van der Waals surface area contributed by atoms with Gasteiger partial charge in [-0.05, 0) is 24.8 Å². The van der Waals surface area contributed by atoms with Gasteiger partial charge < -0.3 is 10.4 Å². The molecule has 1 aromatic rings. The Hall–Kier alpha value is -1.36. The highest BCUT2D eigenvalue weighted by atomic mass is 16.3. The summed E-state index contributed by atoms with van der Waals surface area (Å²) in [5, 5.41) is 18.7. The van der Waals surface area contributed by atoms with E-state index in [1.165, 1.54) is 0 Å². The number of carbonyl (C=O) groups is 1. The summed E-state index contributed by atoms with van der Waals surface area (Å²) < 4.78 is 0. The summed E-state index contributed by atoms with van der Waals surface area (Å²) in [5.74, 6) is 0.107. The Balaban J connectivity index is 2.62. The fraction of sp³-hybridized carbons (Fsp3) is 0.692. The van der Waals surface area contributed by atoms with E-state index in [-0.39, 0.29) is 24.5 Å². The highest BCUT2D eigenvalue weighted by Gasteiger charge is 2.18. The van der Waals surface area contributed by atoms with Crippen molar-refractivity contribution in [3.8, 4) is 0 Å². The van der Waals surface area contributed by atoms with E-state index >= 15 is 0 Å². The number of hydrogen-bond donors (Lipinski definition) is 3. The molecule has 1 amide bonds. The van der Waals surface area contributed by atoms with E-state index in [0.29, 0.717) is 12.1 Å². The minimum absolute atomic E-state index is 0.0196. The first-order valence-corrected chi connectivity index (χ1v) is 6.54. The summed E-state index contributed by atoms with van der Waals surface area (Å²) in [4.78, 5) is 12.0. The number of aliphatic hydroxyl groups is 1. The van der Waals surface area contributed by atoms with E-state index < -0.39 is 0 Å². The van der Waals surface area contributed by atoms with Gasteiger partial charge in [-0.15, -0.1) is 0 Å². The zero-order chi connectivity index (χ0) is 13.5. The monoisotopic (exact) mass is 253 g/mol. The molecule has 0 radical (unpaired) electrons. The lowest BCUT2D eigenvalue weighted by atomic mass is 10.0. The maximum absolute atomic E-state index is 12.0. The fourth-order valence-electron chi connectivity index (χ4n) is 1.83. The maximum Gasteiger partial charge on any atom is 0.272 e. The third-order valence-electron chi connectivity index (χ3n) is 2.94. The number of aryl methyl sites for hydroxylation is 1. The van der Waals surface area contributed by atoms with E-state index in [4.69, 9.17) is 5.11 Å². The third kappa shape index (κ3) is 4.14. The lowest BCUT2D eigenvalue weighted by molar-refractivity contribution is 0.0911. The van der Waals surface area contributed by atoms with Gasteiger partial charge in [-0.1, -0.05) is 27.2 Å². The number of carbonyl (C=O) groups excluding carboxylic acids is 1. The zero-order valence-electron chi connectivity index (χ0n) is 11.4. The molecular formula is C13H23N3O2. The minimum atomic E-state index is -0.180. The molecule has 1 rings (SSSR count). The largest absolute Gasteiger partial charge is 0.396 e. The van der Waals surface area contributed by atoms with Crippen molar-refractivity contribution in [1.82, 2.24) is 15.5 Å². The van der Waals surface area contributed by atoms with Crippen LogP contribution >= 0.6 is 0 Å². The first kappa shape index (κ1) is 14.7. The zero-order valence-corrected chi connectivity index (χ0v) is 11.4. The van der Waals surface area contributed by atoms with Gasteiger partial charge >= 0.3 is 0 Å². The Morgan fingerprint density at radius 3 is 2.83 bits per heavy atom. The van der Waals surface area contributed by atoms with Crippen LogP contribution in [-0.4, -0.2) is 33.9 Å². The molecule has 1 heterocycles. The summed E-state index contributed by atoms with van der Waals surface area (Å²) in [6.45, 7) is 6.20. The van der Waals surface area contributed by atoms with Gasteiger partial charge in [0.1, 0.15) is 5.69 Å². The molecule has 0 aliphatic heterocycles. The second-order valence-electron chi connectivity index (χ2n) is 4.86. The molecule has 5 heteroatoms. The Labute approximate surface area is 108 Å². The van der Waals surface area contributed by atoms with Crippen LogP contribution in [-0.2, 0) is 6.42 Å². The average Bonchev–Trinajstić information content (AvgIpc) is 2.77. The highest BCUT2D eigenvalue weighted by Crippen LogP contribution is 2.08. The van der Waals surface area contributed by atoms with Crippen LogP contribution in [0.1, 0.15) is 49.8 Å². The molecule has 0 bridgehead atoms. The quantitative estimate of drug-likeness (QED) is 0.689. The van der Waals surface area contributed by atoms with E-state index in [0.717, 1.165) is 18.5 Å². The number of hydrogen-bond acceptors (Lipinski definition) is 3. The number of nitrogens with zero attached hydrogens (tertiary/aromatic N) is 1. The molecule has 1 aromatic heterocycles. The molecule has 0 saturated heterocycles. The molecule has 5 nitrogen and oxygen atoms in total. The van der Waals surface area contributed by atoms with Crippen LogP contribution in [0.15, 0.2) is 6.07 Å². The molecule has 1 atom stereocenters. The van der Waals surface area contributed by atoms with Crippen molar-refractivity contribution in [1.29, 1.82) is 0 Å². The number of aliphatic hydroxyl groups excluding tert-OH is 1. The molecule has 0 aliphatic carbocycles. The standard InChI is InChI=1S/C13H23N3O2/c1-4-5-10-8-12(16-15-10)13(18)14-11(6-7-17)9(2)3/h8-9,11,17H,4-7H2,1-3H3,(H,14,18)(H,15,16). The van der Waals surface area contributed by atoms with Crippen molar-refractivity contribution >= 4 is 5.91 Å².